The number of nitrogens with one attached hydrogen (secondary N) is 1. The molecule has 1 N–H and O–H groups in total. The summed E-state index contributed by atoms with van der Waals surface area (Å²) in [6.45, 7) is 5.87. The molecule has 112 valence electrons. The van der Waals surface area contributed by atoms with Crippen LogP contribution >= 0.6 is 23.1 Å². The number of carbonyl (C=O) groups excluding carboxylic acids is 1. The molecule has 0 aliphatic rings. The van der Waals surface area contributed by atoms with Gasteiger partial charge in [0.05, 0.1) is 12.8 Å². The normalized spacial score (nSPS) is 11.3. The summed E-state index contributed by atoms with van der Waals surface area (Å²) in [6.07, 6.45) is 0. The molecule has 0 atom stereocenters. The zero-order valence-electron chi connectivity index (χ0n) is 12.0. The summed E-state index contributed by atoms with van der Waals surface area (Å²) in [4.78, 5) is 20.7. The van der Waals surface area contributed by atoms with Gasteiger partial charge in [-0.1, -0.05) is 36.9 Å². The highest BCUT2D eigenvalue weighted by molar-refractivity contribution is 7.08. The summed E-state index contributed by atoms with van der Waals surface area (Å²) < 4.78 is 8.82. The van der Waals surface area contributed by atoms with Crippen molar-refractivity contribution in [3.05, 3.63) is 21.8 Å². The zero-order chi connectivity index (χ0) is 15.6. The van der Waals surface area contributed by atoms with E-state index in [4.69, 9.17) is 16.3 Å². The molecule has 0 unspecified atom stereocenters. The SMILES string of the molecule is COc1cc(Cl)nc(NC(=O)c2snnc2C(C)(C)C)n1. The van der Waals surface area contributed by atoms with Gasteiger partial charge in [-0.05, 0) is 11.5 Å². The van der Waals surface area contributed by atoms with Crippen LogP contribution in [0.15, 0.2) is 6.07 Å². The molecule has 0 aliphatic carbocycles. The fraction of sp³-hybridized carbons (Fsp3) is 0.417. The summed E-state index contributed by atoms with van der Waals surface area (Å²) in [5.74, 6) is -0.0411. The van der Waals surface area contributed by atoms with Crippen LogP contribution in [-0.4, -0.2) is 32.6 Å². The lowest BCUT2D eigenvalue weighted by molar-refractivity contribution is 0.102. The molecule has 2 aromatic rings. The van der Waals surface area contributed by atoms with E-state index in [-0.39, 0.29) is 28.3 Å². The third-order valence-electron chi connectivity index (χ3n) is 2.51. The molecule has 0 saturated heterocycles. The van der Waals surface area contributed by atoms with Crippen molar-refractivity contribution < 1.29 is 9.53 Å². The van der Waals surface area contributed by atoms with Gasteiger partial charge in [0.25, 0.3) is 5.91 Å². The van der Waals surface area contributed by atoms with Crippen LogP contribution in [0.1, 0.15) is 36.1 Å². The van der Waals surface area contributed by atoms with E-state index in [9.17, 15) is 4.79 Å². The van der Waals surface area contributed by atoms with Crippen molar-refractivity contribution in [1.82, 2.24) is 19.6 Å². The van der Waals surface area contributed by atoms with Gasteiger partial charge in [0, 0.05) is 11.5 Å². The standard InChI is InChI=1S/C12H14ClN5O2S/c1-12(2,3)9-8(21-18-17-9)10(19)16-11-14-6(13)5-7(15-11)20-4/h5H,1-4H3,(H,14,15,16,19). The maximum Gasteiger partial charge on any atom is 0.271 e. The van der Waals surface area contributed by atoms with Crippen molar-refractivity contribution in [1.29, 1.82) is 0 Å². The first kappa shape index (κ1) is 15.6. The number of amides is 1. The first-order valence-electron chi connectivity index (χ1n) is 6.04. The molecule has 2 aromatic heterocycles. The Morgan fingerprint density at radius 3 is 2.71 bits per heavy atom. The van der Waals surface area contributed by atoms with Gasteiger partial charge in [-0.3, -0.25) is 10.1 Å². The number of methoxy groups -OCH3 is 1. The number of ether oxygens (including phenoxy) is 1. The minimum Gasteiger partial charge on any atom is -0.481 e. The van der Waals surface area contributed by atoms with Crippen LogP contribution in [0.5, 0.6) is 5.88 Å². The fourth-order valence-electron chi connectivity index (χ4n) is 1.55. The quantitative estimate of drug-likeness (QED) is 0.871. The Balaban J connectivity index is 2.27. The topological polar surface area (TPSA) is 89.9 Å². The number of aromatic nitrogens is 4. The van der Waals surface area contributed by atoms with E-state index >= 15 is 0 Å². The highest BCUT2D eigenvalue weighted by Gasteiger charge is 2.26. The van der Waals surface area contributed by atoms with Gasteiger partial charge in [0.15, 0.2) is 0 Å². The van der Waals surface area contributed by atoms with E-state index in [0.717, 1.165) is 11.5 Å². The highest BCUT2D eigenvalue weighted by Crippen LogP contribution is 2.26. The fourth-order valence-corrected chi connectivity index (χ4v) is 2.49. The average Bonchev–Trinajstić information content (AvgIpc) is 2.87. The molecular formula is C12H14ClN5O2S. The smallest absolute Gasteiger partial charge is 0.271 e. The number of carbonyl (C=O) groups is 1. The van der Waals surface area contributed by atoms with Gasteiger partial charge >= 0.3 is 0 Å². The Hall–Kier alpha value is -1.80. The van der Waals surface area contributed by atoms with Gasteiger partial charge in [0.1, 0.15) is 10.0 Å². The number of hydrogen-bond donors (Lipinski definition) is 1. The van der Waals surface area contributed by atoms with E-state index in [1.165, 1.54) is 13.2 Å². The van der Waals surface area contributed by atoms with E-state index in [1.54, 1.807) is 0 Å². The molecule has 2 rings (SSSR count). The van der Waals surface area contributed by atoms with Crippen molar-refractivity contribution in [2.45, 2.75) is 26.2 Å². The lowest BCUT2D eigenvalue weighted by atomic mass is 9.91. The van der Waals surface area contributed by atoms with Gasteiger partial charge in [-0.2, -0.15) is 4.98 Å². The van der Waals surface area contributed by atoms with Crippen LogP contribution in [0.25, 0.3) is 0 Å². The molecule has 0 radical (unpaired) electrons. The molecule has 0 spiro atoms. The van der Waals surface area contributed by atoms with E-state index < -0.39 is 0 Å². The van der Waals surface area contributed by atoms with Gasteiger partial charge < -0.3 is 4.74 Å². The maximum atomic E-state index is 12.3. The molecule has 2 heterocycles. The number of halogens is 1. The molecule has 0 bridgehead atoms. The van der Waals surface area contributed by atoms with Crippen LogP contribution in [0.2, 0.25) is 5.15 Å². The van der Waals surface area contributed by atoms with Crippen LogP contribution in [0, 0.1) is 0 Å². The number of nitrogens with zero attached hydrogens (tertiary/aromatic N) is 4. The third-order valence-corrected chi connectivity index (χ3v) is 3.43. The van der Waals surface area contributed by atoms with Crippen molar-refractivity contribution in [3.8, 4) is 5.88 Å². The Bertz CT molecular complexity index is 668. The number of anilines is 1. The third kappa shape index (κ3) is 3.64. The second-order valence-electron chi connectivity index (χ2n) is 5.21. The molecule has 7 nitrogen and oxygen atoms in total. The lowest BCUT2D eigenvalue weighted by Crippen LogP contribution is -2.20. The Morgan fingerprint density at radius 1 is 1.38 bits per heavy atom. The summed E-state index contributed by atoms with van der Waals surface area (Å²) in [7, 11) is 1.45. The van der Waals surface area contributed by atoms with Crippen molar-refractivity contribution >= 4 is 35.0 Å². The molecule has 0 saturated carbocycles. The number of hydrogen-bond acceptors (Lipinski definition) is 7. The zero-order valence-corrected chi connectivity index (χ0v) is 13.5. The molecule has 0 aliphatic heterocycles. The maximum absolute atomic E-state index is 12.3. The molecule has 0 fully saturated rings. The second kappa shape index (κ2) is 5.90. The van der Waals surface area contributed by atoms with Crippen molar-refractivity contribution in [3.63, 3.8) is 0 Å². The first-order chi connectivity index (χ1) is 9.81. The second-order valence-corrected chi connectivity index (χ2v) is 6.35. The van der Waals surface area contributed by atoms with Crippen LogP contribution in [0.4, 0.5) is 5.95 Å². The van der Waals surface area contributed by atoms with E-state index in [1.807, 2.05) is 20.8 Å². The van der Waals surface area contributed by atoms with Crippen LogP contribution < -0.4 is 10.1 Å². The van der Waals surface area contributed by atoms with Crippen molar-refractivity contribution in [2.24, 2.45) is 0 Å². The Labute approximate surface area is 130 Å². The molecule has 0 aromatic carbocycles. The molecule has 21 heavy (non-hydrogen) atoms. The summed E-state index contributed by atoms with van der Waals surface area (Å²) in [6, 6.07) is 1.45. The summed E-state index contributed by atoms with van der Waals surface area (Å²) in [5, 5.41) is 6.77. The van der Waals surface area contributed by atoms with Crippen LogP contribution in [0.3, 0.4) is 0 Å². The lowest BCUT2D eigenvalue weighted by Gasteiger charge is -2.15. The number of rotatable bonds is 3. The highest BCUT2D eigenvalue weighted by atomic mass is 35.5. The molecule has 1 amide bonds. The Morgan fingerprint density at radius 2 is 2.10 bits per heavy atom. The minimum atomic E-state index is -0.376. The van der Waals surface area contributed by atoms with Gasteiger partial charge in [-0.15, -0.1) is 5.10 Å². The van der Waals surface area contributed by atoms with E-state index in [2.05, 4.69) is 24.9 Å². The molecular weight excluding hydrogens is 314 g/mol. The molecule has 9 heteroatoms. The minimum absolute atomic E-state index is 0.0672. The monoisotopic (exact) mass is 327 g/mol. The largest absolute Gasteiger partial charge is 0.481 e. The van der Waals surface area contributed by atoms with E-state index in [0.29, 0.717) is 10.6 Å². The van der Waals surface area contributed by atoms with Crippen LogP contribution in [-0.2, 0) is 5.41 Å². The summed E-state index contributed by atoms with van der Waals surface area (Å²) in [5.41, 5.74) is 0.339. The van der Waals surface area contributed by atoms with Gasteiger partial charge in [0.2, 0.25) is 11.8 Å². The van der Waals surface area contributed by atoms with Crippen molar-refractivity contribution in [2.75, 3.05) is 12.4 Å². The predicted molar refractivity (Wildman–Crippen MR) is 80.2 cm³/mol. The predicted octanol–water partition coefficient (Wildman–Crippen LogP) is 2.54. The average molecular weight is 328 g/mol. The first-order valence-corrected chi connectivity index (χ1v) is 7.19. The Kier molecular flexibility index (Phi) is 4.38. The summed E-state index contributed by atoms with van der Waals surface area (Å²) >= 11 is 6.86. The van der Waals surface area contributed by atoms with Gasteiger partial charge in [-0.25, -0.2) is 4.98 Å².